The van der Waals surface area contributed by atoms with Crippen molar-refractivity contribution in [2.24, 2.45) is 5.92 Å². The van der Waals surface area contributed by atoms with Gasteiger partial charge in [-0.2, -0.15) is 0 Å². The SMILES string of the molecule is Cc1ccc(C(=O)O)cc1C(=O)CCN1CCC(C)CC1. The van der Waals surface area contributed by atoms with Crippen molar-refractivity contribution in [3.63, 3.8) is 0 Å². The average Bonchev–Trinajstić information content (AvgIpc) is 2.46. The largest absolute Gasteiger partial charge is 0.478 e. The highest BCUT2D eigenvalue weighted by molar-refractivity contribution is 6.00. The van der Waals surface area contributed by atoms with E-state index in [1.165, 1.54) is 18.9 Å². The van der Waals surface area contributed by atoms with E-state index >= 15 is 0 Å². The first-order valence-corrected chi connectivity index (χ1v) is 7.57. The maximum atomic E-state index is 12.3. The first-order chi connectivity index (χ1) is 9.97. The fourth-order valence-electron chi connectivity index (χ4n) is 2.74. The number of Topliss-reactive ketones (excluding diaryl/α,β-unsaturated/α-hetero) is 1. The van der Waals surface area contributed by atoms with Crippen LogP contribution in [0, 0.1) is 12.8 Å². The van der Waals surface area contributed by atoms with Crippen LogP contribution in [0.3, 0.4) is 0 Å². The van der Waals surface area contributed by atoms with E-state index in [0.29, 0.717) is 12.0 Å². The molecule has 0 unspecified atom stereocenters. The van der Waals surface area contributed by atoms with Gasteiger partial charge in [0, 0.05) is 18.5 Å². The number of aryl methyl sites for hydroxylation is 1. The lowest BCUT2D eigenvalue weighted by Crippen LogP contribution is -2.34. The third-order valence-electron chi connectivity index (χ3n) is 4.32. The Bertz CT molecular complexity index is 531. The maximum Gasteiger partial charge on any atom is 0.335 e. The Hall–Kier alpha value is -1.68. The number of carboxylic acids is 1. The van der Waals surface area contributed by atoms with Gasteiger partial charge in [0.1, 0.15) is 0 Å². The highest BCUT2D eigenvalue weighted by atomic mass is 16.4. The number of ketones is 1. The van der Waals surface area contributed by atoms with Crippen molar-refractivity contribution in [2.45, 2.75) is 33.1 Å². The molecule has 1 fully saturated rings. The van der Waals surface area contributed by atoms with Gasteiger partial charge in [0.05, 0.1) is 5.56 Å². The number of carbonyl (C=O) groups excluding carboxylic acids is 1. The van der Waals surface area contributed by atoms with E-state index in [1.54, 1.807) is 12.1 Å². The Kier molecular flexibility index (Phi) is 5.12. The topological polar surface area (TPSA) is 57.6 Å². The van der Waals surface area contributed by atoms with Gasteiger partial charge in [0.2, 0.25) is 0 Å². The lowest BCUT2D eigenvalue weighted by molar-refractivity contribution is 0.0697. The van der Waals surface area contributed by atoms with E-state index in [1.807, 2.05) is 6.92 Å². The van der Waals surface area contributed by atoms with Gasteiger partial charge in [0.25, 0.3) is 0 Å². The molecule has 1 aromatic carbocycles. The van der Waals surface area contributed by atoms with Crippen molar-refractivity contribution in [1.29, 1.82) is 0 Å². The second-order valence-corrected chi connectivity index (χ2v) is 6.03. The Balaban J connectivity index is 1.97. The lowest BCUT2D eigenvalue weighted by Gasteiger charge is -2.29. The van der Waals surface area contributed by atoms with Crippen LogP contribution in [-0.2, 0) is 0 Å². The molecule has 4 nitrogen and oxygen atoms in total. The second kappa shape index (κ2) is 6.85. The molecule has 0 aromatic heterocycles. The van der Waals surface area contributed by atoms with E-state index in [0.717, 1.165) is 31.1 Å². The van der Waals surface area contributed by atoms with Crippen molar-refractivity contribution in [1.82, 2.24) is 4.90 Å². The van der Waals surface area contributed by atoms with E-state index in [-0.39, 0.29) is 11.3 Å². The van der Waals surface area contributed by atoms with Gasteiger partial charge in [-0.1, -0.05) is 13.0 Å². The summed E-state index contributed by atoms with van der Waals surface area (Å²) in [4.78, 5) is 25.7. The van der Waals surface area contributed by atoms with Crippen LogP contribution in [0.1, 0.15) is 52.5 Å². The summed E-state index contributed by atoms with van der Waals surface area (Å²) in [6.07, 6.45) is 2.85. The van der Waals surface area contributed by atoms with Gasteiger partial charge in [-0.3, -0.25) is 4.79 Å². The fraction of sp³-hybridized carbons (Fsp3) is 0.529. The molecule has 21 heavy (non-hydrogen) atoms. The number of hydrogen-bond donors (Lipinski definition) is 1. The van der Waals surface area contributed by atoms with Gasteiger partial charge < -0.3 is 10.0 Å². The number of hydrogen-bond acceptors (Lipinski definition) is 3. The summed E-state index contributed by atoms with van der Waals surface area (Å²) in [5.41, 5.74) is 1.56. The third kappa shape index (κ3) is 4.14. The number of aromatic carboxylic acids is 1. The predicted octanol–water partition coefficient (Wildman–Crippen LogP) is 3.00. The highest BCUT2D eigenvalue weighted by Gasteiger charge is 2.18. The number of piperidine rings is 1. The van der Waals surface area contributed by atoms with Gasteiger partial charge >= 0.3 is 5.97 Å². The van der Waals surface area contributed by atoms with Crippen LogP contribution >= 0.6 is 0 Å². The summed E-state index contributed by atoms with van der Waals surface area (Å²) in [7, 11) is 0. The summed E-state index contributed by atoms with van der Waals surface area (Å²) in [6.45, 7) is 7.00. The molecular weight excluding hydrogens is 266 g/mol. The van der Waals surface area contributed by atoms with E-state index in [9.17, 15) is 9.59 Å². The zero-order valence-corrected chi connectivity index (χ0v) is 12.8. The first-order valence-electron chi connectivity index (χ1n) is 7.57. The standard InChI is InChI=1S/C17H23NO3/c1-12-5-8-18(9-6-12)10-7-16(19)15-11-14(17(20)21)4-3-13(15)2/h3-4,11-12H,5-10H2,1-2H3,(H,20,21). The number of benzene rings is 1. The van der Waals surface area contributed by atoms with Crippen LogP contribution in [0.2, 0.25) is 0 Å². The number of rotatable bonds is 5. The van der Waals surface area contributed by atoms with Crippen molar-refractivity contribution in [2.75, 3.05) is 19.6 Å². The molecule has 0 aliphatic carbocycles. The minimum Gasteiger partial charge on any atom is -0.478 e. The molecule has 1 aliphatic heterocycles. The van der Waals surface area contributed by atoms with Crippen LogP contribution in [0.4, 0.5) is 0 Å². The number of carboxylic acid groups (broad SMARTS) is 1. The molecule has 0 saturated carbocycles. The Morgan fingerprint density at radius 3 is 2.57 bits per heavy atom. The molecule has 0 radical (unpaired) electrons. The van der Waals surface area contributed by atoms with Crippen LogP contribution < -0.4 is 0 Å². The minimum atomic E-state index is -0.992. The van der Waals surface area contributed by atoms with Crippen LogP contribution in [0.15, 0.2) is 18.2 Å². The predicted molar refractivity (Wildman–Crippen MR) is 81.9 cm³/mol. The smallest absolute Gasteiger partial charge is 0.335 e. The molecule has 1 aromatic rings. The monoisotopic (exact) mass is 289 g/mol. The lowest BCUT2D eigenvalue weighted by atomic mass is 9.97. The van der Waals surface area contributed by atoms with Gasteiger partial charge in [-0.25, -0.2) is 4.79 Å². The molecule has 0 spiro atoms. The average molecular weight is 289 g/mol. The van der Waals surface area contributed by atoms with E-state index < -0.39 is 5.97 Å². The summed E-state index contributed by atoms with van der Waals surface area (Å²) < 4.78 is 0. The highest BCUT2D eigenvalue weighted by Crippen LogP contribution is 2.18. The van der Waals surface area contributed by atoms with Gasteiger partial charge in [0.15, 0.2) is 5.78 Å². The number of likely N-dealkylation sites (tertiary alicyclic amines) is 1. The summed E-state index contributed by atoms with van der Waals surface area (Å²) in [6, 6.07) is 4.75. The van der Waals surface area contributed by atoms with Crippen molar-refractivity contribution in [3.05, 3.63) is 34.9 Å². The molecule has 0 atom stereocenters. The van der Waals surface area contributed by atoms with E-state index in [2.05, 4.69) is 11.8 Å². The fourth-order valence-corrected chi connectivity index (χ4v) is 2.74. The molecule has 1 aliphatic rings. The molecule has 0 bridgehead atoms. The zero-order chi connectivity index (χ0) is 15.4. The van der Waals surface area contributed by atoms with Gasteiger partial charge in [-0.05, 0) is 56.5 Å². The molecule has 0 amide bonds. The molecule has 1 N–H and O–H groups in total. The summed E-state index contributed by atoms with van der Waals surface area (Å²) >= 11 is 0. The third-order valence-corrected chi connectivity index (χ3v) is 4.32. The first kappa shape index (κ1) is 15.7. The normalized spacial score (nSPS) is 16.9. The molecule has 114 valence electrons. The van der Waals surface area contributed by atoms with E-state index in [4.69, 9.17) is 5.11 Å². The quantitative estimate of drug-likeness (QED) is 0.847. The Labute approximate surface area is 125 Å². The van der Waals surface area contributed by atoms with Crippen molar-refractivity contribution < 1.29 is 14.7 Å². The van der Waals surface area contributed by atoms with Crippen molar-refractivity contribution in [3.8, 4) is 0 Å². The number of carbonyl (C=O) groups is 2. The van der Waals surface area contributed by atoms with Crippen LogP contribution in [0.5, 0.6) is 0 Å². The minimum absolute atomic E-state index is 0.0363. The second-order valence-electron chi connectivity index (χ2n) is 6.03. The Morgan fingerprint density at radius 2 is 1.95 bits per heavy atom. The molecule has 2 rings (SSSR count). The molecule has 1 saturated heterocycles. The summed E-state index contributed by atoms with van der Waals surface area (Å²) in [5, 5.41) is 9.02. The molecule has 1 heterocycles. The van der Waals surface area contributed by atoms with Crippen LogP contribution in [0.25, 0.3) is 0 Å². The van der Waals surface area contributed by atoms with Gasteiger partial charge in [-0.15, -0.1) is 0 Å². The zero-order valence-electron chi connectivity index (χ0n) is 12.8. The Morgan fingerprint density at radius 1 is 1.29 bits per heavy atom. The number of nitrogens with zero attached hydrogens (tertiary/aromatic N) is 1. The van der Waals surface area contributed by atoms with Crippen molar-refractivity contribution >= 4 is 11.8 Å². The molecule has 4 heteroatoms. The molecular formula is C17H23NO3. The maximum absolute atomic E-state index is 12.3. The summed E-state index contributed by atoms with van der Waals surface area (Å²) in [5.74, 6) is -0.172. The van der Waals surface area contributed by atoms with Crippen LogP contribution in [-0.4, -0.2) is 41.4 Å².